The standard InChI is InChI=1S/C23H32N2O4S/c1-25(14-23-11-15-7-16(12-23)9-17(8-15)13-23)22(26)18-3-6-20(29-2)21(10-18)30(27,28)24-19-4-5-19/h3,6,10,15-17,19,24H,4-5,7-9,11-14H2,1-2H3. The number of carbonyl (C=O) groups excluding carboxylic acids is 1. The molecule has 1 amide bonds. The lowest BCUT2D eigenvalue weighted by Crippen LogP contribution is -2.51. The highest BCUT2D eigenvalue weighted by Gasteiger charge is 2.51. The van der Waals surface area contributed by atoms with Gasteiger partial charge in [0.2, 0.25) is 10.0 Å². The van der Waals surface area contributed by atoms with Crippen molar-refractivity contribution in [1.29, 1.82) is 0 Å². The Morgan fingerprint density at radius 2 is 1.73 bits per heavy atom. The van der Waals surface area contributed by atoms with Crippen LogP contribution < -0.4 is 9.46 Å². The van der Waals surface area contributed by atoms with Crippen LogP contribution in [0.2, 0.25) is 0 Å². The molecule has 6 rings (SSSR count). The maximum absolute atomic E-state index is 13.3. The number of sulfonamides is 1. The summed E-state index contributed by atoms with van der Waals surface area (Å²) >= 11 is 0. The van der Waals surface area contributed by atoms with Gasteiger partial charge >= 0.3 is 0 Å². The van der Waals surface area contributed by atoms with Gasteiger partial charge in [0.1, 0.15) is 10.6 Å². The smallest absolute Gasteiger partial charge is 0.253 e. The van der Waals surface area contributed by atoms with Gasteiger partial charge in [0, 0.05) is 25.2 Å². The number of methoxy groups -OCH3 is 1. The molecule has 0 aliphatic heterocycles. The van der Waals surface area contributed by atoms with Crippen molar-refractivity contribution in [3.05, 3.63) is 23.8 Å². The van der Waals surface area contributed by atoms with Gasteiger partial charge in [-0.2, -0.15) is 0 Å². The molecule has 0 aromatic heterocycles. The number of carbonyl (C=O) groups is 1. The van der Waals surface area contributed by atoms with Gasteiger partial charge in [0.05, 0.1) is 7.11 Å². The monoisotopic (exact) mass is 432 g/mol. The molecule has 7 heteroatoms. The summed E-state index contributed by atoms with van der Waals surface area (Å²) in [5.41, 5.74) is 0.660. The Kier molecular flexibility index (Phi) is 4.89. The van der Waals surface area contributed by atoms with Crippen molar-refractivity contribution in [2.24, 2.45) is 23.2 Å². The van der Waals surface area contributed by atoms with E-state index in [9.17, 15) is 13.2 Å². The van der Waals surface area contributed by atoms with Gasteiger partial charge in [-0.15, -0.1) is 0 Å². The fraction of sp³-hybridized carbons (Fsp3) is 0.696. The Labute approximate surface area is 179 Å². The molecule has 1 aromatic rings. The first-order valence-corrected chi connectivity index (χ1v) is 12.7. The Morgan fingerprint density at radius 1 is 1.13 bits per heavy atom. The van der Waals surface area contributed by atoms with E-state index in [1.165, 1.54) is 51.7 Å². The van der Waals surface area contributed by atoms with Gasteiger partial charge in [-0.1, -0.05) is 0 Å². The number of nitrogens with one attached hydrogen (secondary N) is 1. The number of ether oxygens (including phenoxy) is 1. The minimum Gasteiger partial charge on any atom is -0.495 e. The van der Waals surface area contributed by atoms with E-state index >= 15 is 0 Å². The highest BCUT2D eigenvalue weighted by atomic mass is 32.2. The molecular formula is C23H32N2O4S. The van der Waals surface area contributed by atoms with Crippen LogP contribution in [0, 0.1) is 23.2 Å². The van der Waals surface area contributed by atoms with Gasteiger partial charge < -0.3 is 9.64 Å². The molecular weight excluding hydrogens is 400 g/mol. The molecule has 5 saturated carbocycles. The van der Waals surface area contributed by atoms with Gasteiger partial charge in [-0.25, -0.2) is 13.1 Å². The van der Waals surface area contributed by atoms with Crippen molar-refractivity contribution in [1.82, 2.24) is 9.62 Å². The lowest BCUT2D eigenvalue weighted by atomic mass is 9.49. The fourth-order valence-corrected chi connectivity index (χ4v) is 8.28. The summed E-state index contributed by atoms with van der Waals surface area (Å²) in [6.07, 6.45) is 9.57. The first-order valence-electron chi connectivity index (χ1n) is 11.2. The van der Waals surface area contributed by atoms with Crippen LogP contribution in [0.15, 0.2) is 23.1 Å². The zero-order chi connectivity index (χ0) is 21.1. The summed E-state index contributed by atoms with van der Waals surface area (Å²) in [5.74, 6) is 2.67. The Bertz CT molecular complexity index is 919. The normalized spacial score (nSPS) is 32.3. The van der Waals surface area contributed by atoms with Crippen molar-refractivity contribution in [3.8, 4) is 5.75 Å². The highest BCUT2D eigenvalue weighted by Crippen LogP contribution is 2.60. The molecule has 1 aromatic carbocycles. The van der Waals surface area contributed by atoms with Crippen molar-refractivity contribution in [3.63, 3.8) is 0 Å². The lowest BCUT2D eigenvalue weighted by molar-refractivity contribution is -0.0629. The molecule has 5 aliphatic carbocycles. The SMILES string of the molecule is COc1ccc(C(=O)N(C)CC23CC4CC(CC(C4)C2)C3)cc1S(=O)(=O)NC1CC1. The topological polar surface area (TPSA) is 75.7 Å². The molecule has 0 unspecified atom stereocenters. The largest absolute Gasteiger partial charge is 0.495 e. The quantitative estimate of drug-likeness (QED) is 0.716. The second-order valence-corrected chi connectivity index (χ2v) is 12.0. The molecule has 0 heterocycles. The molecule has 0 spiro atoms. The molecule has 1 N–H and O–H groups in total. The van der Waals surface area contributed by atoms with Crippen LogP contribution in [-0.4, -0.2) is 46.0 Å². The Morgan fingerprint density at radius 3 is 2.27 bits per heavy atom. The van der Waals surface area contributed by atoms with Crippen molar-refractivity contribution in [2.45, 2.75) is 62.3 Å². The fourth-order valence-electron chi connectivity index (χ4n) is 6.78. The Balaban J connectivity index is 1.36. The van der Waals surface area contributed by atoms with Gasteiger partial charge in [-0.05, 0) is 92.7 Å². The van der Waals surface area contributed by atoms with Crippen LogP contribution in [0.25, 0.3) is 0 Å². The van der Waals surface area contributed by atoms with E-state index in [4.69, 9.17) is 4.74 Å². The van der Waals surface area contributed by atoms with Gasteiger partial charge in [0.25, 0.3) is 5.91 Å². The number of benzene rings is 1. The van der Waals surface area contributed by atoms with E-state index < -0.39 is 10.0 Å². The molecule has 0 radical (unpaired) electrons. The second-order valence-electron chi connectivity index (χ2n) is 10.3. The molecule has 6 nitrogen and oxygen atoms in total. The summed E-state index contributed by atoms with van der Waals surface area (Å²) in [7, 11) is -0.397. The van der Waals surface area contributed by atoms with Crippen molar-refractivity contribution in [2.75, 3.05) is 20.7 Å². The molecule has 0 saturated heterocycles. The van der Waals surface area contributed by atoms with Crippen molar-refractivity contribution < 1.29 is 17.9 Å². The molecule has 5 fully saturated rings. The number of hydrogen-bond donors (Lipinski definition) is 1. The average molecular weight is 433 g/mol. The third-order valence-electron chi connectivity index (χ3n) is 7.68. The first-order chi connectivity index (χ1) is 14.3. The molecule has 30 heavy (non-hydrogen) atoms. The minimum atomic E-state index is -3.71. The first kappa shape index (κ1) is 20.3. The molecule has 4 bridgehead atoms. The van der Waals surface area contributed by atoms with E-state index in [1.807, 2.05) is 11.9 Å². The molecule has 164 valence electrons. The van der Waals surface area contributed by atoms with E-state index in [0.717, 1.165) is 37.1 Å². The zero-order valence-corrected chi connectivity index (χ0v) is 18.7. The summed E-state index contributed by atoms with van der Waals surface area (Å²) in [4.78, 5) is 15.1. The summed E-state index contributed by atoms with van der Waals surface area (Å²) < 4.78 is 33.5. The predicted octanol–water partition coefficient (Wildman–Crippen LogP) is 3.42. The molecule has 0 atom stereocenters. The lowest BCUT2D eigenvalue weighted by Gasteiger charge is -2.57. The number of nitrogens with zero attached hydrogens (tertiary/aromatic N) is 1. The highest BCUT2D eigenvalue weighted by molar-refractivity contribution is 7.89. The third-order valence-corrected chi connectivity index (χ3v) is 9.23. The minimum absolute atomic E-state index is 0.00202. The van der Waals surface area contributed by atoms with Crippen molar-refractivity contribution >= 4 is 15.9 Å². The summed E-state index contributed by atoms with van der Waals surface area (Å²) in [6, 6.07) is 4.74. The number of amides is 1. The van der Waals surface area contributed by atoms with E-state index in [-0.39, 0.29) is 28.0 Å². The number of rotatable bonds is 7. The van der Waals surface area contributed by atoms with Gasteiger partial charge in [0.15, 0.2) is 0 Å². The van der Waals surface area contributed by atoms with E-state index in [0.29, 0.717) is 5.56 Å². The summed E-state index contributed by atoms with van der Waals surface area (Å²) in [6.45, 7) is 0.768. The van der Waals surface area contributed by atoms with Crippen LogP contribution in [0.4, 0.5) is 0 Å². The van der Waals surface area contributed by atoms with Crippen LogP contribution in [0.5, 0.6) is 5.75 Å². The second kappa shape index (κ2) is 7.23. The average Bonchev–Trinajstić information content (AvgIpc) is 3.48. The predicted molar refractivity (Wildman–Crippen MR) is 114 cm³/mol. The van der Waals surface area contributed by atoms with Crippen LogP contribution in [0.3, 0.4) is 0 Å². The van der Waals surface area contributed by atoms with Crippen LogP contribution in [0.1, 0.15) is 61.7 Å². The Hall–Kier alpha value is -1.60. The maximum atomic E-state index is 13.3. The van der Waals surface area contributed by atoms with Gasteiger partial charge in [-0.3, -0.25) is 4.79 Å². The van der Waals surface area contributed by atoms with Crippen LogP contribution >= 0.6 is 0 Å². The maximum Gasteiger partial charge on any atom is 0.253 e. The molecule has 5 aliphatic rings. The van der Waals surface area contributed by atoms with E-state index in [1.54, 1.807) is 12.1 Å². The third kappa shape index (κ3) is 3.75. The number of hydrogen-bond acceptors (Lipinski definition) is 4. The zero-order valence-electron chi connectivity index (χ0n) is 17.9. The van der Waals surface area contributed by atoms with E-state index in [2.05, 4.69) is 4.72 Å². The summed E-state index contributed by atoms with van der Waals surface area (Å²) in [5, 5.41) is 0. The van der Waals surface area contributed by atoms with Crippen LogP contribution in [-0.2, 0) is 10.0 Å².